The van der Waals surface area contributed by atoms with Crippen molar-refractivity contribution in [1.82, 2.24) is 9.97 Å². The highest BCUT2D eigenvalue weighted by Crippen LogP contribution is 2.31. The fraction of sp³-hybridized carbons (Fsp3) is 0.167. The number of benzene rings is 1. The molecule has 1 heterocycles. The van der Waals surface area contributed by atoms with Gasteiger partial charge in [0.2, 0.25) is 0 Å². The third-order valence-corrected chi connectivity index (χ3v) is 3.90. The van der Waals surface area contributed by atoms with Crippen molar-refractivity contribution < 1.29 is 0 Å². The average Bonchev–Trinajstić information content (AvgIpc) is 2.28. The molecule has 0 atom stereocenters. The number of halogens is 2. The SMILES string of the molecule is Cc1nc(Cl)c(C)c(Sc2ccc(Cl)cc2)n1. The maximum atomic E-state index is 6.03. The molecule has 0 saturated heterocycles. The molecule has 2 rings (SSSR count). The topological polar surface area (TPSA) is 25.8 Å². The van der Waals surface area contributed by atoms with Crippen molar-refractivity contribution in [2.45, 2.75) is 23.8 Å². The predicted molar refractivity (Wildman–Crippen MR) is 72.1 cm³/mol. The van der Waals surface area contributed by atoms with Crippen LogP contribution in [0.1, 0.15) is 11.4 Å². The van der Waals surface area contributed by atoms with E-state index in [0.29, 0.717) is 11.0 Å². The van der Waals surface area contributed by atoms with Gasteiger partial charge in [-0.1, -0.05) is 35.0 Å². The number of aromatic nitrogens is 2. The maximum Gasteiger partial charge on any atom is 0.136 e. The van der Waals surface area contributed by atoms with Crippen LogP contribution in [0.25, 0.3) is 0 Å². The van der Waals surface area contributed by atoms with Crippen LogP contribution in [0.4, 0.5) is 0 Å². The fourth-order valence-corrected chi connectivity index (χ4v) is 2.60. The lowest BCUT2D eigenvalue weighted by Crippen LogP contribution is -1.94. The zero-order valence-corrected chi connectivity index (χ0v) is 11.7. The zero-order chi connectivity index (χ0) is 12.4. The molecule has 0 unspecified atom stereocenters. The van der Waals surface area contributed by atoms with E-state index in [1.807, 2.05) is 38.1 Å². The van der Waals surface area contributed by atoms with Crippen LogP contribution in [-0.4, -0.2) is 9.97 Å². The van der Waals surface area contributed by atoms with Gasteiger partial charge in [0.05, 0.1) is 0 Å². The van der Waals surface area contributed by atoms with Gasteiger partial charge >= 0.3 is 0 Å². The van der Waals surface area contributed by atoms with E-state index in [9.17, 15) is 0 Å². The summed E-state index contributed by atoms with van der Waals surface area (Å²) in [6, 6.07) is 7.62. The largest absolute Gasteiger partial charge is 0.226 e. The number of hydrogen-bond acceptors (Lipinski definition) is 3. The molecule has 0 aliphatic carbocycles. The Labute approximate surface area is 114 Å². The van der Waals surface area contributed by atoms with Gasteiger partial charge in [0.1, 0.15) is 16.0 Å². The van der Waals surface area contributed by atoms with Crippen LogP contribution in [0.15, 0.2) is 34.2 Å². The molecule has 88 valence electrons. The van der Waals surface area contributed by atoms with Crippen LogP contribution < -0.4 is 0 Å². The summed E-state index contributed by atoms with van der Waals surface area (Å²) in [5, 5.41) is 2.11. The molecule has 2 nitrogen and oxygen atoms in total. The Hall–Kier alpha value is -0.770. The smallest absolute Gasteiger partial charge is 0.136 e. The number of rotatable bonds is 2. The van der Waals surface area contributed by atoms with Crippen LogP contribution in [-0.2, 0) is 0 Å². The van der Waals surface area contributed by atoms with E-state index in [0.717, 1.165) is 20.5 Å². The van der Waals surface area contributed by atoms with E-state index in [4.69, 9.17) is 23.2 Å². The van der Waals surface area contributed by atoms with Gasteiger partial charge in [0.25, 0.3) is 0 Å². The second kappa shape index (κ2) is 5.25. The Morgan fingerprint density at radius 2 is 1.65 bits per heavy atom. The molecule has 0 fully saturated rings. The van der Waals surface area contributed by atoms with Crippen molar-refractivity contribution in [1.29, 1.82) is 0 Å². The van der Waals surface area contributed by atoms with Gasteiger partial charge in [-0.3, -0.25) is 0 Å². The number of aryl methyl sites for hydroxylation is 1. The zero-order valence-electron chi connectivity index (χ0n) is 9.37. The van der Waals surface area contributed by atoms with Crippen LogP contribution in [0.3, 0.4) is 0 Å². The van der Waals surface area contributed by atoms with Gasteiger partial charge in [-0.05, 0) is 38.1 Å². The summed E-state index contributed by atoms with van der Waals surface area (Å²) in [6.07, 6.45) is 0. The molecule has 1 aromatic heterocycles. The monoisotopic (exact) mass is 284 g/mol. The lowest BCUT2D eigenvalue weighted by Gasteiger charge is -2.06. The van der Waals surface area contributed by atoms with Crippen LogP contribution in [0.2, 0.25) is 10.2 Å². The highest BCUT2D eigenvalue weighted by atomic mass is 35.5. The summed E-state index contributed by atoms with van der Waals surface area (Å²) in [6.45, 7) is 3.75. The Kier molecular flexibility index (Phi) is 3.92. The van der Waals surface area contributed by atoms with Crippen LogP contribution in [0.5, 0.6) is 0 Å². The molecule has 1 aromatic carbocycles. The summed E-state index contributed by atoms with van der Waals surface area (Å²) >= 11 is 13.4. The molecule has 0 bridgehead atoms. The third kappa shape index (κ3) is 3.12. The predicted octanol–water partition coefficient (Wildman–Crippen LogP) is 4.55. The molecule has 0 radical (unpaired) electrons. The minimum atomic E-state index is 0.508. The molecule has 5 heteroatoms. The van der Waals surface area contributed by atoms with Gasteiger partial charge < -0.3 is 0 Å². The molecule has 0 spiro atoms. The van der Waals surface area contributed by atoms with Gasteiger partial charge in [0.15, 0.2) is 0 Å². The summed E-state index contributed by atoms with van der Waals surface area (Å²) in [5.41, 5.74) is 0.900. The van der Waals surface area contributed by atoms with Crippen LogP contribution >= 0.6 is 35.0 Å². The highest BCUT2D eigenvalue weighted by molar-refractivity contribution is 7.99. The summed E-state index contributed by atoms with van der Waals surface area (Å²) in [5.74, 6) is 0.678. The van der Waals surface area contributed by atoms with Crippen molar-refractivity contribution in [3.05, 3.63) is 45.8 Å². The minimum absolute atomic E-state index is 0.508. The lowest BCUT2D eigenvalue weighted by molar-refractivity contribution is 0.938. The van der Waals surface area contributed by atoms with E-state index in [1.165, 1.54) is 0 Å². The van der Waals surface area contributed by atoms with E-state index >= 15 is 0 Å². The van der Waals surface area contributed by atoms with Gasteiger partial charge in [0, 0.05) is 15.5 Å². The van der Waals surface area contributed by atoms with Crippen molar-refractivity contribution in [3.8, 4) is 0 Å². The quantitative estimate of drug-likeness (QED) is 0.757. The first-order valence-corrected chi connectivity index (χ1v) is 6.57. The first kappa shape index (κ1) is 12.7. The van der Waals surface area contributed by atoms with Gasteiger partial charge in [-0.15, -0.1) is 0 Å². The van der Waals surface area contributed by atoms with E-state index in [1.54, 1.807) is 11.8 Å². The normalized spacial score (nSPS) is 10.6. The molecule has 0 saturated carbocycles. The summed E-state index contributed by atoms with van der Waals surface area (Å²) in [4.78, 5) is 9.57. The Balaban J connectivity index is 2.32. The average molecular weight is 285 g/mol. The first-order chi connectivity index (χ1) is 8.06. The molecule has 0 N–H and O–H groups in total. The number of hydrogen-bond donors (Lipinski definition) is 0. The third-order valence-electron chi connectivity index (χ3n) is 2.18. The standard InChI is InChI=1S/C12H10Cl2N2S/c1-7-11(14)15-8(2)16-12(7)17-10-5-3-9(13)4-6-10/h3-6H,1-2H3. The molecule has 17 heavy (non-hydrogen) atoms. The summed E-state index contributed by atoms with van der Waals surface area (Å²) < 4.78 is 0. The van der Waals surface area contributed by atoms with Crippen molar-refractivity contribution >= 4 is 35.0 Å². The molecule has 0 aliphatic rings. The fourth-order valence-electron chi connectivity index (χ4n) is 1.28. The van der Waals surface area contributed by atoms with Crippen molar-refractivity contribution in [2.75, 3.05) is 0 Å². The van der Waals surface area contributed by atoms with E-state index in [-0.39, 0.29) is 0 Å². The van der Waals surface area contributed by atoms with Crippen molar-refractivity contribution in [2.24, 2.45) is 0 Å². The maximum absolute atomic E-state index is 6.03. The Morgan fingerprint density at radius 3 is 2.29 bits per heavy atom. The van der Waals surface area contributed by atoms with E-state index in [2.05, 4.69) is 9.97 Å². The van der Waals surface area contributed by atoms with Crippen LogP contribution in [0, 0.1) is 13.8 Å². The Bertz CT molecular complexity index is 541. The molecule has 2 aromatic rings. The van der Waals surface area contributed by atoms with Gasteiger partial charge in [-0.25, -0.2) is 9.97 Å². The molecule has 0 amide bonds. The minimum Gasteiger partial charge on any atom is -0.226 e. The Morgan fingerprint density at radius 1 is 1.00 bits per heavy atom. The second-order valence-corrected chi connectivity index (χ2v) is 5.40. The molecular weight excluding hydrogens is 275 g/mol. The number of nitrogens with zero attached hydrogens (tertiary/aromatic N) is 2. The highest BCUT2D eigenvalue weighted by Gasteiger charge is 2.08. The summed E-state index contributed by atoms with van der Waals surface area (Å²) in [7, 11) is 0. The molecular formula is C12H10Cl2N2S. The lowest BCUT2D eigenvalue weighted by atomic mass is 10.4. The molecule has 0 aliphatic heterocycles. The van der Waals surface area contributed by atoms with Crippen molar-refractivity contribution in [3.63, 3.8) is 0 Å². The second-order valence-electron chi connectivity index (χ2n) is 3.55. The first-order valence-electron chi connectivity index (χ1n) is 5.00. The van der Waals surface area contributed by atoms with E-state index < -0.39 is 0 Å². The van der Waals surface area contributed by atoms with Gasteiger partial charge in [-0.2, -0.15) is 0 Å².